The van der Waals surface area contributed by atoms with E-state index in [1.807, 2.05) is 30.0 Å². The molecule has 7 heteroatoms. The summed E-state index contributed by atoms with van der Waals surface area (Å²) in [5.74, 6) is 1.18. The fourth-order valence-electron chi connectivity index (χ4n) is 3.23. The Kier molecular flexibility index (Phi) is 4.51. The summed E-state index contributed by atoms with van der Waals surface area (Å²) in [6.45, 7) is 4.54. The molecule has 0 bridgehead atoms. The number of furan rings is 1. The lowest BCUT2D eigenvalue weighted by atomic mass is 10.1. The average Bonchev–Trinajstić information content (AvgIpc) is 2.98. The lowest BCUT2D eigenvalue weighted by molar-refractivity contribution is 0.0716. The maximum Gasteiger partial charge on any atom is 0.290 e. The number of nitrogens with zero attached hydrogens (tertiary/aromatic N) is 3. The topological polar surface area (TPSA) is 49.6 Å². The Balaban J connectivity index is 1.50. The third-order valence-electron chi connectivity index (χ3n) is 4.70. The van der Waals surface area contributed by atoms with Gasteiger partial charge in [-0.3, -0.25) is 4.79 Å². The number of piperazine rings is 1. The van der Waals surface area contributed by atoms with Gasteiger partial charge in [-0.05, 0) is 37.3 Å². The van der Waals surface area contributed by atoms with E-state index in [1.54, 1.807) is 18.3 Å². The molecule has 1 aliphatic heterocycles. The first kappa shape index (κ1) is 17.2. The molecular weight excluding hydrogens is 373 g/mol. The molecular formula is C19H17Cl2N3O2. The highest BCUT2D eigenvalue weighted by molar-refractivity contribution is 6.31. The summed E-state index contributed by atoms with van der Waals surface area (Å²) in [4.78, 5) is 21.2. The van der Waals surface area contributed by atoms with E-state index in [1.165, 1.54) is 0 Å². The molecule has 26 heavy (non-hydrogen) atoms. The summed E-state index contributed by atoms with van der Waals surface area (Å²) >= 11 is 11.9. The maximum absolute atomic E-state index is 12.9. The van der Waals surface area contributed by atoms with Crippen LogP contribution in [0.1, 0.15) is 16.1 Å². The molecule has 0 atom stereocenters. The summed E-state index contributed by atoms with van der Waals surface area (Å²) in [6.07, 6.45) is 1.64. The minimum atomic E-state index is -0.0847. The summed E-state index contributed by atoms with van der Waals surface area (Å²) in [6, 6.07) is 9.11. The first-order valence-electron chi connectivity index (χ1n) is 8.37. The van der Waals surface area contributed by atoms with Crippen molar-refractivity contribution in [3.8, 4) is 0 Å². The molecule has 134 valence electrons. The Labute approximate surface area is 161 Å². The highest BCUT2D eigenvalue weighted by Crippen LogP contribution is 2.29. The van der Waals surface area contributed by atoms with E-state index in [9.17, 15) is 4.79 Å². The highest BCUT2D eigenvalue weighted by Gasteiger charge is 2.27. The molecule has 0 aliphatic carbocycles. The Morgan fingerprint density at radius 1 is 1.08 bits per heavy atom. The molecule has 0 spiro atoms. The van der Waals surface area contributed by atoms with Gasteiger partial charge in [-0.15, -0.1) is 0 Å². The van der Waals surface area contributed by atoms with Crippen molar-refractivity contribution in [2.24, 2.45) is 0 Å². The third kappa shape index (κ3) is 3.13. The Morgan fingerprint density at radius 2 is 1.81 bits per heavy atom. The Bertz CT molecular complexity index is 961. The van der Waals surface area contributed by atoms with Gasteiger partial charge < -0.3 is 14.2 Å². The van der Waals surface area contributed by atoms with Gasteiger partial charge in [-0.2, -0.15) is 0 Å². The summed E-state index contributed by atoms with van der Waals surface area (Å²) in [5, 5.41) is 2.12. The number of carbonyl (C=O) groups is 1. The van der Waals surface area contributed by atoms with Crippen LogP contribution in [0.15, 0.2) is 40.9 Å². The van der Waals surface area contributed by atoms with Crippen LogP contribution < -0.4 is 4.90 Å². The second-order valence-electron chi connectivity index (χ2n) is 6.31. The van der Waals surface area contributed by atoms with Crippen LogP contribution in [0.4, 0.5) is 5.82 Å². The zero-order chi connectivity index (χ0) is 18.3. The van der Waals surface area contributed by atoms with Crippen LogP contribution in [0.25, 0.3) is 11.0 Å². The average molecular weight is 390 g/mol. The van der Waals surface area contributed by atoms with Crippen LogP contribution in [0.5, 0.6) is 0 Å². The number of benzene rings is 1. The fourth-order valence-corrected chi connectivity index (χ4v) is 3.52. The molecule has 3 aromatic rings. The van der Waals surface area contributed by atoms with Crippen LogP contribution >= 0.6 is 23.2 Å². The van der Waals surface area contributed by atoms with Crippen LogP contribution in [-0.2, 0) is 0 Å². The number of halogens is 2. The number of fused-ring (bicyclic) bond motifs is 1. The van der Waals surface area contributed by atoms with Crippen molar-refractivity contribution >= 4 is 45.9 Å². The van der Waals surface area contributed by atoms with Gasteiger partial charge in [0.05, 0.1) is 5.02 Å². The lowest BCUT2D eigenvalue weighted by Gasteiger charge is -2.35. The zero-order valence-corrected chi connectivity index (χ0v) is 15.7. The molecule has 0 saturated carbocycles. The number of aryl methyl sites for hydroxylation is 1. The van der Waals surface area contributed by atoms with Gasteiger partial charge in [0.2, 0.25) is 0 Å². The number of carbonyl (C=O) groups excluding carboxylic acids is 1. The van der Waals surface area contributed by atoms with Crippen molar-refractivity contribution in [1.82, 2.24) is 9.88 Å². The molecule has 1 amide bonds. The van der Waals surface area contributed by atoms with Gasteiger partial charge >= 0.3 is 0 Å². The number of rotatable bonds is 2. The van der Waals surface area contributed by atoms with Gasteiger partial charge in [0.1, 0.15) is 11.4 Å². The second-order valence-corrected chi connectivity index (χ2v) is 7.18. The Morgan fingerprint density at radius 3 is 2.50 bits per heavy atom. The molecule has 0 unspecified atom stereocenters. The molecule has 3 heterocycles. The molecule has 5 nitrogen and oxygen atoms in total. The number of anilines is 1. The first-order valence-corrected chi connectivity index (χ1v) is 9.13. The van der Waals surface area contributed by atoms with Crippen molar-refractivity contribution < 1.29 is 9.21 Å². The zero-order valence-electron chi connectivity index (χ0n) is 14.2. The predicted molar refractivity (Wildman–Crippen MR) is 103 cm³/mol. The highest BCUT2D eigenvalue weighted by atomic mass is 35.5. The molecule has 1 aromatic carbocycles. The maximum atomic E-state index is 12.9. The van der Waals surface area contributed by atoms with Crippen LogP contribution in [-0.4, -0.2) is 42.0 Å². The molecule has 1 aliphatic rings. The first-order chi connectivity index (χ1) is 12.5. The summed E-state index contributed by atoms with van der Waals surface area (Å²) in [7, 11) is 0. The number of pyridine rings is 1. The van der Waals surface area contributed by atoms with Gasteiger partial charge in [-0.1, -0.05) is 23.2 Å². The van der Waals surface area contributed by atoms with E-state index in [0.29, 0.717) is 47.6 Å². The van der Waals surface area contributed by atoms with E-state index in [2.05, 4.69) is 9.88 Å². The second kappa shape index (κ2) is 6.82. The standard InChI is InChI=1S/C19H17Cl2N3O2/c1-12-15-10-13(20)2-4-16(15)26-18(12)19(25)24-8-6-23(7-9-24)17-5-3-14(21)11-22-17/h2-5,10-11H,6-9H2,1H3. The largest absolute Gasteiger partial charge is 0.451 e. The molecule has 1 fully saturated rings. The minimum absolute atomic E-state index is 0.0847. The van der Waals surface area contributed by atoms with Crippen LogP contribution in [0.3, 0.4) is 0 Å². The Hall–Kier alpha value is -2.24. The molecule has 2 aromatic heterocycles. The van der Waals surface area contributed by atoms with E-state index in [4.69, 9.17) is 27.6 Å². The summed E-state index contributed by atoms with van der Waals surface area (Å²) in [5.41, 5.74) is 1.51. The van der Waals surface area contributed by atoms with Crippen molar-refractivity contribution in [3.63, 3.8) is 0 Å². The van der Waals surface area contributed by atoms with Gasteiger partial charge in [0.15, 0.2) is 5.76 Å². The van der Waals surface area contributed by atoms with Gasteiger partial charge in [0, 0.05) is 48.3 Å². The van der Waals surface area contributed by atoms with Crippen LogP contribution in [0, 0.1) is 6.92 Å². The normalized spacial score (nSPS) is 14.9. The molecule has 1 saturated heterocycles. The smallest absolute Gasteiger partial charge is 0.290 e. The van der Waals surface area contributed by atoms with Crippen molar-refractivity contribution in [1.29, 1.82) is 0 Å². The number of hydrogen-bond donors (Lipinski definition) is 0. The predicted octanol–water partition coefficient (Wildman–Crippen LogP) is 4.41. The van der Waals surface area contributed by atoms with E-state index in [0.717, 1.165) is 16.8 Å². The third-order valence-corrected chi connectivity index (χ3v) is 5.15. The van der Waals surface area contributed by atoms with E-state index in [-0.39, 0.29) is 5.91 Å². The van der Waals surface area contributed by atoms with Crippen molar-refractivity contribution in [3.05, 3.63) is 57.9 Å². The number of amides is 1. The van der Waals surface area contributed by atoms with Crippen molar-refractivity contribution in [2.75, 3.05) is 31.1 Å². The summed E-state index contributed by atoms with van der Waals surface area (Å²) < 4.78 is 5.80. The lowest BCUT2D eigenvalue weighted by Crippen LogP contribution is -2.49. The van der Waals surface area contributed by atoms with Gasteiger partial charge in [0.25, 0.3) is 5.91 Å². The molecule has 4 rings (SSSR count). The number of hydrogen-bond acceptors (Lipinski definition) is 4. The minimum Gasteiger partial charge on any atom is -0.451 e. The molecule has 0 N–H and O–H groups in total. The quantitative estimate of drug-likeness (QED) is 0.651. The number of aromatic nitrogens is 1. The van der Waals surface area contributed by atoms with E-state index >= 15 is 0 Å². The van der Waals surface area contributed by atoms with Crippen molar-refractivity contribution in [2.45, 2.75) is 6.92 Å². The fraction of sp³-hybridized carbons (Fsp3) is 0.263. The monoisotopic (exact) mass is 389 g/mol. The SMILES string of the molecule is Cc1c(C(=O)N2CCN(c3ccc(Cl)cn3)CC2)oc2ccc(Cl)cc12. The molecule has 0 radical (unpaired) electrons. The van der Waals surface area contributed by atoms with Gasteiger partial charge in [-0.25, -0.2) is 4.98 Å². The van der Waals surface area contributed by atoms with E-state index < -0.39 is 0 Å². The van der Waals surface area contributed by atoms with Crippen LogP contribution in [0.2, 0.25) is 10.0 Å².